The molecule has 3 fully saturated rings. The molecule has 0 aromatic heterocycles. The third-order valence-electron chi connectivity index (χ3n) is 9.06. The van der Waals surface area contributed by atoms with Crippen LogP contribution in [-0.4, -0.2) is 70.1 Å². The predicted octanol–water partition coefficient (Wildman–Crippen LogP) is 3.71. The van der Waals surface area contributed by atoms with Crippen molar-refractivity contribution in [3.63, 3.8) is 0 Å². The molecule has 3 aliphatic rings. The lowest BCUT2D eigenvalue weighted by Crippen LogP contribution is -2.59. The molecule has 7 heteroatoms. The number of benzene rings is 2. The van der Waals surface area contributed by atoms with Gasteiger partial charge in [0.25, 0.3) is 0 Å². The number of hydrogen-bond acceptors (Lipinski definition) is 4. The van der Waals surface area contributed by atoms with E-state index >= 15 is 0 Å². The van der Waals surface area contributed by atoms with Crippen molar-refractivity contribution >= 4 is 11.9 Å². The third kappa shape index (κ3) is 4.28. The summed E-state index contributed by atoms with van der Waals surface area (Å²) in [4.78, 5) is 31.7. The number of primary amides is 1. The third-order valence-corrected chi connectivity index (χ3v) is 9.06. The molecule has 192 valence electrons. The summed E-state index contributed by atoms with van der Waals surface area (Å²) in [5, 5.41) is 11.1. The zero-order valence-electron chi connectivity index (χ0n) is 21.4. The van der Waals surface area contributed by atoms with Crippen molar-refractivity contribution in [2.45, 2.75) is 68.2 Å². The molecular weight excluding hydrogens is 452 g/mol. The zero-order chi connectivity index (χ0) is 25.6. The summed E-state index contributed by atoms with van der Waals surface area (Å²) in [7, 11) is 4.30. The number of nitrogens with zero attached hydrogens (tertiary/aromatic N) is 3. The molecule has 3 N–H and O–H groups in total. The SMILES string of the molecule is CN(C)[C@]1(c2ccccc2)CC[C@]2(CC1)CN(Cc1cccc(C(N)=O)c1)C(=O)N2CC1(O)CCC1. The number of amides is 3. The molecule has 0 bridgehead atoms. The predicted molar refractivity (Wildman–Crippen MR) is 139 cm³/mol. The summed E-state index contributed by atoms with van der Waals surface area (Å²) in [6, 6.07) is 17.9. The fraction of sp³-hybridized carbons (Fsp3) is 0.517. The van der Waals surface area contributed by atoms with Gasteiger partial charge in [0.05, 0.1) is 17.7 Å². The maximum atomic E-state index is 13.8. The second-order valence-corrected chi connectivity index (χ2v) is 11.4. The lowest BCUT2D eigenvalue weighted by molar-refractivity contribution is -0.0725. The molecule has 1 heterocycles. The van der Waals surface area contributed by atoms with Crippen molar-refractivity contribution in [1.29, 1.82) is 0 Å². The summed E-state index contributed by atoms with van der Waals surface area (Å²) in [6.07, 6.45) is 6.14. The minimum absolute atomic E-state index is 0.0168. The number of urea groups is 1. The number of nitrogens with two attached hydrogens (primary N) is 1. The Morgan fingerprint density at radius 3 is 2.28 bits per heavy atom. The number of rotatable bonds is 7. The van der Waals surface area contributed by atoms with E-state index in [1.54, 1.807) is 12.1 Å². The van der Waals surface area contributed by atoms with Crippen molar-refractivity contribution in [2.75, 3.05) is 27.2 Å². The summed E-state index contributed by atoms with van der Waals surface area (Å²) < 4.78 is 0. The molecule has 0 radical (unpaired) electrons. The smallest absolute Gasteiger partial charge is 0.321 e. The van der Waals surface area contributed by atoms with Gasteiger partial charge in [-0.2, -0.15) is 0 Å². The Hall–Kier alpha value is -2.90. The maximum absolute atomic E-state index is 13.8. The second-order valence-electron chi connectivity index (χ2n) is 11.4. The molecule has 2 aromatic carbocycles. The van der Waals surface area contributed by atoms with Crippen molar-refractivity contribution in [2.24, 2.45) is 5.73 Å². The van der Waals surface area contributed by atoms with E-state index in [2.05, 4.69) is 49.3 Å². The molecule has 2 aliphatic carbocycles. The molecule has 1 spiro atoms. The van der Waals surface area contributed by atoms with Crippen LogP contribution >= 0.6 is 0 Å². The van der Waals surface area contributed by atoms with Gasteiger partial charge in [-0.25, -0.2) is 4.79 Å². The van der Waals surface area contributed by atoms with Crippen molar-refractivity contribution in [1.82, 2.24) is 14.7 Å². The topological polar surface area (TPSA) is 90.1 Å². The minimum Gasteiger partial charge on any atom is -0.388 e. The molecule has 2 aromatic rings. The van der Waals surface area contributed by atoms with Gasteiger partial charge in [0, 0.05) is 24.2 Å². The largest absolute Gasteiger partial charge is 0.388 e. The summed E-state index contributed by atoms with van der Waals surface area (Å²) in [5.41, 5.74) is 6.98. The van der Waals surface area contributed by atoms with E-state index in [-0.39, 0.29) is 17.1 Å². The van der Waals surface area contributed by atoms with Crippen LogP contribution < -0.4 is 5.73 Å². The van der Waals surface area contributed by atoms with Crippen LogP contribution in [0, 0.1) is 0 Å². The Balaban J connectivity index is 1.42. The molecule has 5 rings (SSSR count). The maximum Gasteiger partial charge on any atom is 0.321 e. The summed E-state index contributed by atoms with van der Waals surface area (Å²) >= 11 is 0. The first-order chi connectivity index (χ1) is 17.2. The van der Waals surface area contributed by atoms with Crippen molar-refractivity contribution in [3.8, 4) is 0 Å². The Morgan fingerprint density at radius 1 is 1.00 bits per heavy atom. The monoisotopic (exact) mass is 490 g/mol. The molecule has 3 amide bonds. The van der Waals surface area contributed by atoms with E-state index in [9.17, 15) is 14.7 Å². The fourth-order valence-electron chi connectivity index (χ4n) is 6.62. The lowest BCUT2D eigenvalue weighted by atomic mass is 9.67. The van der Waals surface area contributed by atoms with Crippen LogP contribution in [0.3, 0.4) is 0 Å². The molecule has 0 atom stereocenters. The highest BCUT2D eigenvalue weighted by atomic mass is 16.3. The average molecular weight is 491 g/mol. The molecule has 7 nitrogen and oxygen atoms in total. The van der Waals surface area contributed by atoms with Gasteiger partial charge in [-0.3, -0.25) is 9.69 Å². The van der Waals surface area contributed by atoms with Gasteiger partial charge in [0.15, 0.2) is 0 Å². The quantitative estimate of drug-likeness (QED) is 0.619. The Bertz CT molecular complexity index is 1120. The number of carbonyl (C=O) groups is 2. The van der Waals surface area contributed by atoms with Gasteiger partial charge < -0.3 is 20.6 Å². The van der Waals surface area contributed by atoms with Crippen LogP contribution in [0.15, 0.2) is 54.6 Å². The van der Waals surface area contributed by atoms with Crippen LogP contribution in [0.1, 0.15) is 66.4 Å². The number of aliphatic hydroxyl groups is 1. The molecule has 0 unspecified atom stereocenters. The van der Waals surface area contributed by atoms with Gasteiger partial charge in [-0.05, 0) is 82.3 Å². The first-order valence-corrected chi connectivity index (χ1v) is 13.1. The molecule has 36 heavy (non-hydrogen) atoms. The Kier molecular flexibility index (Phi) is 6.33. The van der Waals surface area contributed by atoms with E-state index in [4.69, 9.17) is 5.73 Å². The zero-order valence-corrected chi connectivity index (χ0v) is 21.4. The highest BCUT2D eigenvalue weighted by molar-refractivity contribution is 5.92. The first-order valence-electron chi connectivity index (χ1n) is 13.1. The molecule has 1 aliphatic heterocycles. The summed E-state index contributed by atoms with van der Waals surface area (Å²) in [5.74, 6) is -0.469. The molecular formula is C29H38N4O3. The van der Waals surface area contributed by atoms with E-state index in [0.29, 0.717) is 25.2 Å². The van der Waals surface area contributed by atoms with Gasteiger partial charge in [0.1, 0.15) is 0 Å². The van der Waals surface area contributed by atoms with Crippen molar-refractivity contribution in [3.05, 3.63) is 71.3 Å². The average Bonchev–Trinajstić information content (AvgIpc) is 3.09. The van der Waals surface area contributed by atoms with Crippen LogP contribution in [-0.2, 0) is 12.1 Å². The highest BCUT2D eigenvalue weighted by Crippen LogP contribution is 2.50. The molecule has 1 saturated heterocycles. The standard InChI is InChI=1S/C29H38N4O3/c1-31(2)29(24-10-4-3-5-11-24)16-14-27(15-17-29)20-32(19-22-8-6-9-23(18-22)25(30)34)26(35)33(27)21-28(36)12-7-13-28/h3-6,8-11,18,36H,7,12-17,19-21H2,1-2H3,(H2,30,34)/t27-,29+. The lowest BCUT2D eigenvalue weighted by Gasteiger charge is -2.52. The Morgan fingerprint density at radius 2 is 1.69 bits per heavy atom. The molecule has 2 saturated carbocycles. The first kappa shape index (κ1) is 24.8. The summed E-state index contributed by atoms with van der Waals surface area (Å²) in [6.45, 7) is 1.44. The van der Waals surface area contributed by atoms with Crippen LogP contribution in [0.5, 0.6) is 0 Å². The Labute approximate surface area is 213 Å². The minimum atomic E-state index is -0.778. The van der Waals surface area contributed by atoms with Gasteiger partial charge in [0.2, 0.25) is 5.91 Å². The van der Waals surface area contributed by atoms with Gasteiger partial charge in [-0.15, -0.1) is 0 Å². The normalized spacial score (nSPS) is 27.5. The van der Waals surface area contributed by atoms with E-state index < -0.39 is 11.5 Å². The van der Waals surface area contributed by atoms with Crippen LogP contribution in [0.25, 0.3) is 0 Å². The number of β-amino-alcohol motifs (C(OH)–C–C–N with tert-alkyl or cyclic N) is 1. The van der Waals surface area contributed by atoms with E-state index in [0.717, 1.165) is 50.5 Å². The number of carbonyl (C=O) groups excluding carboxylic acids is 2. The van der Waals surface area contributed by atoms with Gasteiger partial charge in [-0.1, -0.05) is 42.5 Å². The van der Waals surface area contributed by atoms with Crippen LogP contribution in [0.2, 0.25) is 0 Å². The number of hydrogen-bond donors (Lipinski definition) is 2. The van der Waals surface area contributed by atoms with E-state index in [1.807, 2.05) is 21.9 Å². The van der Waals surface area contributed by atoms with Gasteiger partial charge >= 0.3 is 6.03 Å². The van der Waals surface area contributed by atoms with Crippen LogP contribution in [0.4, 0.5) is 4.79 Å². The highest BCUT2D eigenvalue weighted by Gasteiger charge is 2.56. The van der Waals surface area contributed by atoms with E-state index in [1.165, 1.54) is 5.56 Å². The fourth-order valence-corrected chi connectivity index (χ4v) is 6.62. The van der Waals surface area contributed by atoms with Crippen molar-refractivity contribution < 1.29 is 14.7 Å². The second kappa shape index (κ2) is 9.20.